The summed E-state index contributed by atoms with van der Waals surface area (Å²) in [4.78, 5) is 11.1. The number of carbonyl (C=O) groups excluding carboxylic acids is 1. The Morgan fingerprint density at radius 3 is 2.75 bits per heavy atom. The van der Waals surface area contributed by atoms with Gasteiger partial charge in [0.2, 0.25) is 0 Å². The van der Waals surface area contributed by atoms with Crippen molar-refractivity contribution in [3.8, 4) is 5.75 Å². The first-order chi connectivity index (χ1) is 7.58. The molecule has 0 unspecified atom stereocenters. The summed E-state index contributed by atoms with van der Waals surface area (Å²) in [7, 11) is 1.32. The fourth-order valence-electron chi connectivity index (χ4n) is 1.13. The van der Waals surface area contributed by atoms with Crippen molar-refractivity contribution in [2.24, 2.45) is 0 Å². The van der Waals surface area contributed by atoms with E-state index in [9.17, 15) is 4.79 Å². The lowest BCUT2D eigenvalue weighted by atomic mass is 10.2. The van der Waals surface area contributed by atoms with Crippen molar-refractivity contribution in [2.45, 2.75) is 18.4 Å². The summed E-state index contributed by atoms with van der Waals surface area (Å²) in [5.41, 5.74) is 0.972. The molecule has 0 saturated carbocycles. The third-order valence-corrected chi connectivity index (χ3v) is 2.97. The molecule has 1 rings (SSSR count). The number of carbonyl (C=O) groups is 1. The van der Waals surface area contributed by atoms with Crippen molar-refractivity contribution in [1.29, 1.82) is 0 Å². The van der Waals surface area contributed by atoms with Crippen LogP contribution in [0.3, 0.4) is 0 Å². The Hall–Kier alpha value is -0.740. The van der Waals surface area contributed by atoms with E-state index in [1.165, 1.54) is 7.11 Å². The summed E-state index contributed by atoms with van der Waals surface area (Å²) in [6.07, 6.45) is -0.643. The molecule has 0 aliphatic carbocycles. The second kappa shape index (κ2) is 6.11. The molecule has 16 heavy (non-hydrogen) atoms. The van der Waals surface area contributed by atoms with E-state index in [0.29, 0.717) is 16.1 Å². The highest BCUT2D eigenvalue weighted by atomic mass is 79.9. The van der Waals surface area contributed by atoms with E-state index in [0.717, 1.165) is 5.56 Å². The predicted molar refractivity (Wildman–Crippen MR) is 66.2 cm³/mol. The van der Waals surface area contributed by atoms with E-state index in [1.807, 2.05) is 6.07 Å². The van der Waals surface area contributed by atoms with Crippen LogP contribution in [-0.2, 0) is 14.9 Å². The van der Waals surface area contributed by atoms with Gasteiger partial charge in [0, 0.05) is 10.4 Å². The van der Waals surface area contributed by atoms with E-state index in [1.54, 1.807) is 19.1 Å². The maximum atomic E-state index is 11.1. The Labute approximate surface area is 108 Å². The lowest BCUT2D eigenvalue weighted by Crippen LogP contribution is -2.24. The fourth-order valence-corrected chi connectivity index (χ4v) is 2.02. The summed E-state index contributed by atoms with van der Waals surface area (Å²) in [6, 6.07) is 5.29. The third-order valence-electron chi connectivity index (χ3n) is 2.01. The summed E-state index contributed by atoms with van der Waals surface area (Å²) in [5, 5.41) is 1.28. The lowest BCUT2D eigenvalue weighted by molar-refractivity contribution is -0.147. The van der Waals surface area contributed by atoms with Gasteiger partial charge in [0.1, 0.15) is 5.75 Å². The Balaban J connectivity index is 2.75. The summed E-state index contributed by atoms with van der Waals surface area (Å²) in [6.45, 7) is 1.62. The molecule has 0 aliphatic heterocycles. The molecule has 0 saturated heterocycles. The molecule has 1 atom stereocenters. The molecule has 0 N–H and O–H groups in total. The SMILES string of the molecule is COC(=O)[C@H](C)Oc1ccc(CBr)c(Cl)c1. The van der Waals surface area contributed by atoms with Crippen molar-refractivity contribution >= 4 is 33.5 Å². The third kappa shape index (κ3) is 3.39. The number of alkyl halides is 1. The molecule has 0 fully saturated rings. The summed E-state index contributed by atoms with van der Waals surface area (Å²) >= 11 is 9.32. The van der Waals surface area contributed by atoms with E-state index in [4.69, 9.17) is 16.3 Å². The largest absolute Gasteiger partial charge is 0.479 e. The van der Waals surface area contributed by atoms with Gasteiger partial charge in [-0.2, -0.15) is 0 Å². The van der Waals surface area contributed by atoms with Gasteiger partial charge in [-0.15, -0.1) is 0 Å². The molecule has 0 spiro atoms. The van der Waals surface area contributed by atoms with E-state index < -0.39 is 12.1 Å². The Bertz CT molecular complexity index is 381. The predicted octanol–water partition coefficient (Wildman–Crippen LogP) is 3.18. The Morgan fingerprint density at radius 2 is 2.25 bits per heavy atom. The molecule has 5 heteroatoms. The van der Waals surface area contributed by atoms with Crippen molar-refractivity contribution in [1.82, 2.24) is 0 Å². The number of benzene rings is 1. The maximum absolute atomic E-state index is 11.1. The Kier molecular flexibility index (Phi) is 5.09. The van der Waals surface area contributed by atoms with Crippen molar-refractivity contribution < 1.29 is 14.3 Å². The van der Waals surface area contributed by atoms with Crippen molar-refractivity contribution in [3.63, 3.8) is 0 Å². The molecule has 1 aromatic rings. The van der Waals surface area contributed by atoms with Gasteiger partial charge in [-0.25, -0.2) is 4.79 Å². The van der Waals surface area contributed by atoms with Gasteiger partial charge in [0.05, 0.1) is 7.11 Å². The second-order valence-corrected chi connectivity index (χ2v) is 4.14. The van der Waals surface area contributed by atoms with Gasteiger partial charge in [-0.1, -0.05) is 33.6 Å². The first kappa shape index (κ1) is 13.3. The van der Waals surface area contributed by atoms with Gasteiger partial charge in [0.25, 0.3) is 0 Å². The molecule has 88 valence electrons. The highest BCUT2D eigenvalue weighted by Crippen LogP contribution is 2.24. The smallest absolute Gasteiger partial charge is 0.346 e. The average Bonchev–Trinajstić information content (AvgIpc) is 2.28. The van der Waals surface area contributed by atoms with Gasteiger partial charge >= 0.3 is 5.97 Å². The van der Waals surface area contributed by atoms with Gasteiger partial charge in [-0.05, 0) is 24.6 Å². The van der Waals surface area contributed by atoms with E-state index in [2.05, 4.69) is 20.7 Å². The zero-order chi connectivity index (χ0) is 12.1. The summed E-state index contributed by atoms with van der Waals surface area (Å²) < 4.78 is 9.93. The number of methoxy groups -OCH3 is 1. The first-order valence-corrected chi connectivity index (χ1v) is 6.17. The minimum absolute atomic E-state index is 0.416. The van der Waals surface area contributed by atoms with E-state index >= 15 is 0 Å². The molecule has 0 heterocycles. The number of rotatable bonds is 4. The van der Waals surface area contributed by atoms with Gasteiger partial charge in [0.15, 0.2) is 6.10 Å². The molecule has 0 radical (unpaired) electrons. The lowest BCUT2D eigenvalue weighted by Gasteiger charge is -2.13. The number of halogens is 2. The minimum atomic E-state index is -0.643. The number of ether oxygens (including phenoxy) is 2. The maximum Gasteiger partial charge on any atom is 0.346 e. The van der Waals surface area contributed by atoms with Gasteiger partial charge in [-0.3, -0.25) is 0 Å². The standard InChI is InChI=1S/C11H12BrClO3/c1-7(11(14)15-2)16-9-4-3-8(6-12)10(13)5-9/h3-5,7H,6H2,1-2H3/t7-/m0/s1. The van der Waals surface area contributed by atoms with Crippen LogP contribution in [0.1, 0.15) is 12.5 Å². The molecule has 0 aliphatic rings. The van der Waals surface area contributed by atoms with E-state index in [-0.39, 0.29) is 0 Å². The minimum Gasteiger partial charge on any atom is -0.479 e. The molecule has 0 bridgehead atoms. The summed E-state index contributed by atoms with van der Waals surface area (Å²) in [5.74, 6) is 0.133. The quantitative estimate of drug-likeness (QED) is 0.633. The van der Waals surface area contributed by atoms with Crippen LogP contribution in [-0.4, -0.2) is 19.2 Å². The number of hydrogen-bond donors (Lipinski definition) is 0. The fraction of sp³-hybridized carbons (Fsp3) is 0.364. The molecular weight excluding hydrogens is 295 g/mol. The topological polar surface area (TPSA) is 35.5 Å². The number of esters is 1. The van der Waals surface area contributed by atoms with Crippen LogP contribution < -0.4 is 4.74 Å². The van der Waals surface area contributed by atoms with Crippen molar-refractivity contribution in [2.75, 3.05) is 7.11 Å². The highest BCUT2D eigenvalue weighted by Gasteiger charge is 2.15. The normalized spacial score (nSPS) is 12.0. The molecule has 0 amide bonds. The Morgan fingerprint density at radius 1 is 1.56 bits per heavy atom. The van der Waals surface area contributed by atoms with Gasteiger partial charge < -0.3 is 9.47 Å². The van der Waals surface area contributed by atoms with Crippen LogP contribution in [0.15, 0.2) is 18.2 Å². The van der Waals surface area contributed by atoms with Crippen LogP contribution in [0.5, 0.6) is 5.75 Å². The second-order valence-electron chi connectivity index (χ2n) is 3.17. The number of hydrogen-bond acceptors (Lipinski definition) is 3. The zero-order valence-electron chi connectivity index (χ0n) is 9.00. The van der Waals surface area contributed by atoms with Crippen LogP contribution in [0.25, 0.3) is 0 Å². The highest BCUT2D eigenvalue weighted by molar-refractivity contribution is 9.08. The molecule has 0 aromatic heterocycles. The monoisotopic (exact) mass is 306 g/mol. The van der Waals surface area contributed by atoms with Crippen molar-refractivity contribution in [3.05, 3.63) is 28.8 Å². The zero-order valence-corrected chi connectivity index (χ0v) is 11.3. The molecule has 3 nitrogen and oxygen atoms in total. The van der Waals surface area contributed by atoms with Crippen LogP contribution in [0, 0.1) is 0 Å². The van der Waals surface area contributed by atoms with Crippen LogP contribution in [0.2, 0.25) is 5.02 Å². The first-order valence-electron chi connectivity index (χ1n) is 4.67. The molecular formula is C11H12BrClO3. The average molecular weight is 308 g/mol. The van der Waals surface area contributed by atoms with Crippen LogP contribution in [0.4, 0.5) is 0 Å². The van der Waals surface area contributed by atoms with Crippen LogP contribution >= 0.6 is 27.5 Å². The molecule has 1 aromatic carbocycles.